The molecule has 2 unspecified atom stereocenters. The van der Waals surface area contributed by atoms with Crippen molar-refractivity contribution in [3.05, 3.63) is 69.8 Å². The van der Waals surface area contributed by atoms with E-state index in [2.05, 4.69) is 16.0 Å². The van der Waals surface area contributed by atoms with E-state index in [-0.39, 0.29) is 49.4 Å². The molecule has 0 radical (unpaired) electrons. The molecule has 1 saturated heterocycles. The zero-order valence-electron chi connectivity index (χ0n) is 28.1. The number of aromatic hydroxyl groups is 1. The Bertz CT molecular complexity index is 1580. The number of hydrogen-bond donors (Lipinski definition) is 7. The number of nitrogens with two attached hydrogens (primary N) is 2. The fourth-order valence-electron chi connectivity index (χ4n) is 4.94. The van der Waals surface area contributed by atoms with Crippen LogP contribution in [0.15, 0.2) is 48.5 Å². The first kappa shape index (κ1) is 41.9. The van der Waals surface area contributed by atoms with Gasteiger partial charge in [0.1, 0.15) is 17.8 Å². The Labute approximate surface area is 295 Å². The molecular weight excluding hydrogens is 690 g/mol. The summed E-state index contributed by atoms with van der Waals surface area (Å²) < 4.78 is 11.3. The van der Waals surface area contributed by atoms with E-state index in [0.29, 0.717) is 17.5 Å². The summed E-state index contributed by atoms with van der Waals surface area (Å²) in [5.74, 6) is -4.11. The number of nitrogens with one attached hydrogen (secondary N) is 3. The normalized spacial score (nSPS) is 15.9. The summed E-state index contributed by atoms with van der Waals surface area (Å²) in [6.45, 7) is 0.715. The molecule has 2 aromatic rings. The number of non-ortho nitro benzene ring substituents is 1. The first-order chi connectivity index (χ1) is 24.0. The summed E-state index contributed by atoms with van der Waals surface area (Å²) in [6, 6.07) is 7.14. The minimum Gasteiger partial charge on any atom is -0.508 e. The predicted octanol–water partition coefficient (Wildman–Crippen LogP) is -1.17. The van der Waals surface area contributed by atoms with Gasteiger partial charge in [0, 0.05) is 54.8 Å². The molecule has 0 spiro atoms. The van der Waals surface area contributed by atoms with Gasteiger partial charge >= 0.3 is 0 Å². The number of amides is 5. The number of carbonyl (C=O) groups excluding carboxylic acids is 5. The molecule has 1 aliphatic rings. The Morgan fingerprint density at radius 3 is 2.12 bits per heavy atom. The van der Waals surface area contributed by atoms with Crippen LogP contribution in [0.5, 0.6) is 5.75 Å². The second kappa shape index (κ2) is 20.4. The Hall–Kier alpha value is -5.27. The lowest BCUT2D eigenvalue weighted by Crippen LogP contribution is -2.57. The quantitative estimate of drug-likeness (QED) is 0.0840. The minimum absolute atomic E-state index is 0.0574. The number of phenols is 1. The van der Waals surface area contributed by atoms with Crippen molar-refractivity contribution in [2.75, 3.05) is 25.1 Å². The molecule has 3 rings (SSSR count). The monoisotopic (exact) mass is 733 g/mol. The number of likely N-dealkylation sites (tertiary alicyclic amines) is 1. The van der Waals surface area contributed by atoms with Gasteiger partial charge in [-0.05, 0) is 48.9 Å². The number of rotatable bonds is 15. The second-order valence-corrected chi connectivity index (χ2v) is 13.2. The van der Waals surface area contributed by atoms with Crippen LogP contribution in [0.25, 0.3) is 0 Å². The van der Waals surface area contributed by atoms with Crippen molar-refractivity contribution >= 4 is 52.0 Å². The van der Waals surface area contributed by atoms with Gasteiger partial charge in [0.05, 0.1) is 23.6 Å². The lowest BCUT2D eigenvalue weighted by molar-refractivity contribution is -0.384. The Balaban J connectivity index is 0.00000213. The van der Waals surface area contributed by atoms with Crippen LogP contribution >= 0.6 is 0 Å². The van der Waals surface area contributed by atoms with Gasteiger partial charge in [0.2, 0.25) is 29.5 Å². The van der Waals surface area contributed by atoms with Crippen molar-refractivity contribution in [3.8, 4) is 5.75 Å². The lowest BCUT2D eigenvalue weighted by Gasteiger charge is -2.29. The molecule has 5 atom stereocenters. The Morgan fingerprint density at radius 1 is 0.980 bits per heavy atom. The van der Waals surface area contributed by atoms with Gasteiger partial charge < -0.3 is 37.2 Å². The summed E-state index contributed by atoms with van der Waals surface area (Å²) in [4.78, 5) is 85.6. The Kier molecular flexibility index (Phi) is 16.8. The van der Waals surface area contributed by atoms with Crippen molar-refractivity contribution in [1.82, 2.24) is 20.9 Å². The van der Waals surface area contributed by atoms with Gasteiger partial charge in [0.25, 0.3) is 11.7 Å². The molecule has 0 saturated carbocycles. The predicted molar refractivity (Wildman–Crippen MR) is 184 cm³/mol. The fourth-order valence-corrected chi connectivity index (χ4v) is 5.52. The molecule has 2 aromatic carbocycles. The van der Waals surface area contributed by atoms with Gasteiger partial charge in [-0.1, -0.05) is 24.3 Å². The SMILES string of the molecule is CC(=O)O.CS(=O)CCC(N)C(=O)NC(=O)[C@@H]1CCCN1C(=O)[C@H](Cc1ccc([N+](=O)[O-])cc1)NC(=O)CNC(=O)[C@@H](N)Cc1ccc(O)cc1. The number of nitrogens with zero attached hydrogens (tertiary/aromatic N) is 2. The minimum atomic E-state index is -1.24. The summed E-state index contributed by atoms with van der Waals surface area (Å²) in [5.41, 5.74) is 12.8. The molecule has 0 bridgehead atoms. The van der Waals surface area contributed by atoms with Crippen LogP contribution in [0, 0.1) is 10.1 Å². The highest BCUT2D eigenvalue weighted by molar-refractivity contribution is 7.84. The van der Waals surface area contributed by atoms with Crippen molar-refractivity contribution < 1.29 is 48.1 Å². The summed E-state index contributed by atoms with van der Waals surface area (Å²) in [6.07, 6.45) is 2.28. The average molecular weight is 734 g/mol. The van der Waals surface area contributed by atoms with E-state index in [0.717, 1.165) is 6.92 Å². The molecular formula is C32H43N7O11S. The number of aliphatic carboxylic acids is 1. The zero-order valence-corrected chi connectivity index (χ0v) is 28.9. The molecule has 51 heavy (non-hydrogen) atoms. The van der Waals surface area contributed by atoms with Gasteiger partial charge in [0.15, 0.2) is 0 Å². The smallest absolute Gasteiger partial charge is 0.300 e. The highest BCUT2D eigenvalue weighted by Crippen LogP contribution is 2.21. The van der Waals surface area contributed by atoms with E-state index in [9.17, 15) is 43.4 Å². The van der Waals surface area contributed by atoms with E-state index < -0.39 is 81.9 Å². The lowest BCUT2D eigenvalue weighted by atomic mass is 10.0. The van der Waals surface area contributed by atoms with Gasteiger partial charge in [-0.25, -0.2) is 0 Å². The number of imide groups is 1. The summed E-state index contributed by atoms with van der Waals surface area (Å²) >= 11 is 0. The highest BCUT2D eigenvalue weighted by Gasteiger charge is 2.38. The average Bonchev–Trinajstić information content (AvgIpc) is 3.57. The van der Waals surface area contributed by atoms with Crippen molar-refractivity contribution in [1.29, 1.82) is 0 Å². The molecule has 9 N–H and O–H groups in total. The van der Waals surface area contributed by atoms with Crippen LogP contribution < -0.4 is 27.4 Å². The number of carbonyl (C=O) groups is 6. The second-order valence-electron chi connectivity index (χ2n) is 11.7. The molecule has 278 valence electrons. The standard InChI is InChI=1S/C30H39N7O9S.C2H4O2/c1-47(46)14-12-22(31)28(41)35-29(42)25-3-2-13-36(25)30(43)24(16-19-4-8-20(9-5-19)37(44)45)34-26(39)17-33-27(40)23(32)15-18-6-10-21(38)11-7-18;1-2(3)4/h4-11,22-25,38H,2-3,12-17,31-32H2,1H3,(H,33,40)(H,34,39)(H,35,41,42);1H3,(H,3,4)/t22?,23-,24-,25-,47?;/m0./s1. The van der Waals surface area contributed by atoms with E-state index in [1.807, 2.05) is 0 Å². The maximum Gasteiger partial charge on any atom is 0.300 e. The summed E-state index contributed by atoms with van der Waals surface area (Å²) in [5, 5.41) is 35.2. The number of carboxylic acids is 1. The van der Waals surface area contributed by atoms with Gasteiger partial charge in [-0.2, -0.15) is 0 Å². The van der Waals surface area contributed by atoms with Crippen LogP contribution in [-0.4, -0.2) is 109 Å². The fraction of sp³-hybridized carbons (Fsp3) is 0.438. The molecule has 0 aromatic heterocycles. The number of nitro groups is 1. The molecule has 5 amide bonds. The number of benzene rings is 2. The third-order valence-electron chi connectivity index (χ3n) is 7.51. The first-order valence-electron chi connectivity index (χ1n) is 15.7. The molecule has 1 fully saturated rings. The third-order valence-corrected chi connectivity index (χ3v) is 8.32. The molecule has 19 heteroatoms. The number of phenolic OH excluding ortho intramolecular Hbond substituents is 1. The van der Waals surface area contributed by atoms with E-state index in [4.69, 9.17) is 21.4 Å². The van der Waals surface area contributed by atoms with E-state index >= 15 is 0 Å². The number of hydrogen-bond acceptors (Lipinski definition) is 12. The van der Waals surface area contributed by atoms with Crippen molar-refractivity contribution in [2.45, 2.75) is 63.2 Å². The van der Waals surface area contributed by atoms with Gasteiger partial charge in [-0.3, -0.25) is 48.4 Å². The van der Waals surface area contributed by atoms with Crippen LogP contribution in [0.4, 0.5) is 5.69 Å². The topological polar surface area (TPSA) is 294 Å². The van der Waals surface area contributed by atoms with Crippen molar-refractivity contribution in [3.63, 3.8) is 0 Å². The van der Waals surface area contributed by atoms with E-state index in [1.165, 1.54) is 47.6 Å². The first-order valence-corrected chi connectivity index (χ1v) is 17.4. The zero-order chi connectivity index (χ0) is 38.2. The van der Waals surface area contributed by atoms with Crippen LogP contribution in [0.3, 0.4) is 0 Å². The van der Waals surface area contributed by atoms with Crippen molar-refractivity contribution in [2.24, 2.45) is 11.5 Å². The highest BCUT2D eigenvalue weighted by atomic mass is 32.2. The van der Waals surface area contributed by atoms with E-state index in [1.54, 1.807) is 12.1 Å². The van der Waals surface area contributed by atoms with Gasteiger partial charge in [-0.15, -0.1) is 0 Å². The third kappa shape index (κ3) is 14.6. The Morgan fingerprint density at radius 2 is 1.55 bits per heavy atom. The van der Waals surface area contributed by atoms with Crippen LogP contribution in [0.2, 0.25) is 0 Å². The largest absolute Gasteiger partial charge is 0.508 e. The molecule has 18 nitrogen and oxygen atoms in total. The maximum absolute atomic E-state index is 13.8. The summed E-state index contributed by atoms with van der Waals surface area (Å²) in [7, 11) is -1.18. The molecule has 0 aliphatic carbocycles. The molecule has 1 heterocycles. The molecule has 1 aliphatic heterocycles. The van der Waals surface area contributed by atoms with Crippen LogP contribution in [0.1, 0.15) is 37.3 Å². The number of nitro benzene ring substituents is 1. The number of carboxylic acid groups (broad SMARTS) is 1. The maximum atomic E-state index is 13.8. The van der Waals surface area contributed by atoms with Crippen LogP contribution in [-0.2, 0) is 52.4 Å².